The van der Waals surface area contributed by atoms with Crippen LogP contribution in [0.25, 0.3) is 16.2 Å². The van der Waals surface area contributed by atoms with E-state index in [1.807, 2.05) is 58.0 Å². The number of fused-ring (bicyclic) bond motifs is 1. The first kappa shape index (κ1) is 23.6. The summed E-state index contributed by atoms with van der Waals surface area (Å²) in [6.07, 6.45) is -0.422. The van der Waals surface area contributed by atoms with Gasteiger partial charge >= 0.3 is 0 Å². The van der Waals surface area contributed by atoms with Gasteiger partial charge in [0.25, 0.3) is 7.98 Å². The molecule has 0 heterocycles. The summed E-state index contributed by atoms with van der Waals surface area (Å²) in [5.41, 5.74) is 5.61. The fourth-order valence-corrected chi connectivity index (χ4v) is 2.00. The maximum Gasteiger partial charge on any atom is 0.293 e. The van der Waals surface area contributed by atoms with E-state index in [1.54, 1.807) is 21.1 Å². The van der Waals surface area contributed by atoms with Crippen molar-refractivity contribution in [2.24, 2.45) is 10.1 Å². The molecular weight excluding hydrogens is 327 g/mol. The van der Waals surface area contributed by atoms with Gasteiger partial charge in [-0.05, 0) is 30.1 Å². The first-order chi connectivity index (χ1) is 12.5. The highest BCUT2D eigenvalue weighted by molar-refractivity contribution is 6.05. The third-order valence-electron chi connectivity index (χ3n) is 3.00. The Balaban J connectivity index is 0.00000146. The smallest absolute Gasteiger partial charge is 0.293 e. The molecule has 0 saturated carbocycles. The zero-order chi connectivity index (χ0) is 20.1. The van der Waals surface area contributed by atoms with Crippen molar-refractivity contribution in [3.63, 3.8) is 0 Å². The summed E-state index contributed by atoms with van der Waals surface area (Å²) in [4.78, 5) is 0. The molecule has 0 aliphatic carbocycles. The number of rotatable bonds is 6. The maximum absolute atomic E-state index is 5.87. The van der Waals surface area contributed by atoms with Gasteiger partial charge in [0.05, 0.1) is 5.69 Å². The average molecular weight is 356 g/mol. The summed E-state index contributed by atoms with van der Waals surface area (Å²) >= 11 is 0. The minimum Gasteiger partial charge on any atom is -0.466 e. The lowest BCUT2D eigenvalue weighted by molar-refractivity contribution is -0.428. The van der Waals surface area contributed by atoms with E-state index in [9.17, 15) is 0 Å². The Morgan fingerprint density at radius 1 is 1.15 bits per heavy atom. The first-order valence-corrected chi connectivity index (χ1v) is 8.68. The number of nitrogens with zero attached hydrogens (tertiary/aromatic N) is 4. The second-order valence-electron chi connectivity index (χ2n) is 4.71. The van der Waals surface area contributed by atoms with E-state index in [0.29, 0.717) is 17.1 Å². The van der Waals surface area contributed by atoms with Crippen molar-refractivity contribution in [3.8, 4) is 5.75 Å². The molecule has 2 aromatic rings. The molecule has 0 fully saturated rings. The Kier molecular flexibility index (Phi) is 11.7. The lowest BCUT2D eigenvalue weighted by atomic mass is 10.1. The van der Waals surface area contributed by atoms with Crippen molar-refractivity contribution in [2.45, 2.75) is 40.9 Å². The number of benzene rings is 2. The van der Waals surface area contributed by atoms with Crippen LogP contribution in [0.5, 0.6) is 5.75 Å². The molecule has 0 aliphatic heterocycles. The van der Waals surface area contributed by atoms with Crippen molar-refractivity contribution < 1.29 is 14.2 Å². The minimum absolute atomic E-state index is 0.422. The van der Waals surface area contributed by atoms with Crippen LogP contribution in [-0.4, -0.2) is 39.8 Å². The van der Waals surface area contributed by atoms with Gasteiger partial charge in [-0.2, -0.15) is 5.11 Å². The van der Waals surface area contributed by atoms with E-state index in [0.717, 1.165) is 10.8 Å². The van der Waals surface area contributed by atoms with E-state index in [1.165, 1.54) is 4.68 Å². The summed E-state index contributed by atoms with van der Waals surface area (Å²) in [5.74, 6) is 0.594. The Labute approximate surface area is 158 Å². The van der Waals surface area contributed by atoms with Crippen molar-refractivity contribution in [3.05, 3.63) is 35.8 Å². The molecule has 1 unspecified atom stereocenters. The zero-order valence-corrected chi connectivity index (χ0v) is 16.9. The lowest BCUT2D eigenvalue weighted by Gasteiger charge is -2.23. The third-order valence-corrected chi connectivity index (χ3v) is 3.00. The molecule has 2 aromatic carbocycles. The predicted molar refractivity (Wildman–Crippen MR) is 110 cm³/mol. The molecular formula is C19H29BN4O2. The maximum atomic E-state index is 5.87. The molecule has 1 atom stereocenters. The predicted octanol–water partition coefficient (Wildman–Crippen LogP) is 5.69. The zero-order valence-electron chi connectivity index (χ0n) is 16.9. The molecule has 0 N–H and O–H groups in total. The lowest BCUT2D eigenvalue weighted by Crippen LogP contribution is -2.14. The molecule has 7 heteroatoms. The Bertz CT molecular complexity index is 720. The van der Waals surface area contributed by atoms with Crippen LogP contribution in [0.15, 0.2) is 40.5 Å². The fraction of sp³-hybridized carbons (Fsp3) is 0.421. The van der Waals surface area contributed by atoms with Crippen LogP contribution in [0.2, 0.25) is 0 Å². The Morgan fingerprint density at radius 3 is 2.31 bits per heavy atom. The third kappa shape index (κ3) is 6.84. The van der Waals surface area contributed by atoms with Crippen LogP contribution in [0.1, 0.15) is 34.6 Å². The average Bonchev–Trinajstić information content (AvgIpc) is 2.66. The second-order valence-corrected chi connectivity index (χ2v) is 4.71. The van der Waals surface area contributed by atoms with Gasteiger partial charge in [-0.3, -0.25) is 9.71 Å². The number of methoxy groups -OCH3 is 1. The summed E-state index contributed by atoms with van der Waals surface area (Å²) in [5, 5.41) is 8.99. The SMILES string of the molecule is CC.CC.[B]N=Nc1ccc2ccc([N-][N+](=C)C)c(OC(C)OC)c2c1. The van der Waals surface area contributed by atoms with Gasteiger partial charge in [0, 0.05) is 12.5 Å². The van der Waals surface area contributed by atoms with E-state index in [2.05, 4.69) is 22.3 Å². The van der Waals surface area contributed by atoms with Gasteiger partial charge in [-0.25, -0.2) is 0 Å². The van der Waals surface area contributed by atoms with Crippen LogP contribution in [0, 0.1) is 0 Å². The molecule has 0 saturated heterocycles. The van der Waals surface area contributed by atoms with Gasteiger partial charge in [0.1, 0.15) is 19.5 Å². The molecule has 0 aliphatic rings. The minimum atomic E-state index is -0.422. The molecule has 0 spiro atoms. The van der Waals surface area contributed by atoms with Crippen molar-refractivity contribution in [1.82, 2.24) is 0 Å². The molecule has 0 amide bonds. The monoisotopic (exact) mass is 356 g/mol. The summed E-state index contributed by atoms with van der Waals surface area (Å²) in [6, 6.07) is 9.40. The molecule has 0 aromatic heterocycles. The van der Waals surface area contributed by atoms with Crippen LogP contribution >= 0.6 is 0 Å². The van der Waals surface area contributed by atoms with Crippen LogP contribution in [0.3, 0.4) is 0 Å². The first-order valence-electron chi connectivity index (χ1n) is 8.68. The fourth-order valence-electron chi connectivity index (χ4n) is 2.00. The second kappa shape index (κ2) is 12.9. The molecule has 26 heavy (non-hydrogen) atoms. The molecule has 140 valence electrons. The molecule has 2 rings (SSSR count). The van der Waals surface area contributed by atoms with Gasteiger partial charge in [-0.15, -0.1) is 0 Å². The van der Waals surface area contributed by atoms with Crippen molar-refractivity contribution in [2.75, 3.05) is 14.2 Å². The van der Waals surface area contributed by atoms with Crippen LogP contribution in [0.4, 0.5) is 11.4 Å². The van der Waals surface area contributed by atoms with E-state index < -0.39 is 6.29 Å². The van der Waals surface area contributed by atoms with E-state index >= 15 is 0 Å². The summed E-state index contributed by atoms with van der Waals surface area (Å²) in [7, 11) is 8.43. The van der Waals surface area contributed by atoms with E-state index in [-0.39, 0.29) is 0 Å². The largest absolute Gasteiger partial charge is 0.466 e. The molecule has 2 radical (unpaired) electrons. The Hall–Kier alpha value is -2.41. The van der Waals surface area contributed by atoms with E-state index in [4.69, 9.17) is 17.5 Å². The van der Waals surface area contributed by atoms with Crippen molar-refractivity contribution in [1.29, 1.82) is 0 Å². The Morgan fingerprint density at radius 2 is 1.77 bits per heavy atom. The van der Waals surface area contributed by atoms with Gasteiger partial charge in [0.15, 0.2) is 6.29 Å². The topological polar surface area (TPSA) is 60.3 Å². The standard InChI is InChI=1S/C15H17BN4O2.2C2H6/c1-10(21-4)22-15-13-9-12(17-19-16)7-5-11(13)6-8-14(15)18-20(2)3;2*1-2/h5-10H,2H2,1,3-4H3;2*1-2H3. The molecule has 6 nitrogen and oxygen atoms in total. The van der Waals surface area contributed by atoms with Gasteiger partial charge < -0.3 is 14.9 Å². The number of hydrogen-bond acceptors (Lipinski definition) is 4. The van der Waals surface area contributed by atoms with Crippen LogP contribution in [-0.2, 0) is 4.74 Å². The summed E-state index contributed by atoms with van der Waals surface area (Å²) in [6.45, 7) is 13.5. The number of ether oxygens (including phenoxy) is 2. The van der Waals surface area contributed by atoms with Gasteiger partial charge in [-0.1, -0.05) is 45.9 Å². The molecule has 0 bridgehead atoms. The van der Waals surface area contributed by atoms with Crippen molar-refractivity contribution >= 4 is 36.8 Å². The normalized spacial score (nSPS) is 11.0. The number of hydrogen-bond donors (Lipinski definition) is 0. The highest BCUT2D eigenvalue weighted by Crippen LogP contribution is 2.40. The van der Waals surface area contributed by atoms with Crippen LogP contribution < -0.4 is 4.74 Å². The quantitative estimate of drug-likeness (QED) is 0.167. The van der Waals surface area contributed by atoms with Gasteiger partial charge in [0.2, 0.25) is 0 Å². The highest BCUT2D eigenvalue weighted by atomic mass is 16.7. The summed E-state index contributed by atoms with van der Waals surface area (Å²) < 4.78 is 12.5. The highest BCUT2D eigenvalue weighted by Gasteiger charge is 2.10.